The molecule has 1 atom stereocenters. The minimum Gasteiger partial charge on any atom is -0.495 e. The summed E-state index contributed by atoms with van der Waals surface area (Å²) in [5, 5.41) is 4.21. The number of sulfonamides is 1. The first-order valence-corrected chi connectivity index (χ1v) is 11.1. The monoisotopic (exact) mass is 441 g/mol. The fraction of sp³-hybridized carbons (Fsp3) is 0.526. The third-order valence-electron chi connectivity index (χ3n) is 4.70. The Balaban J connectivity index is 2.25. The van der Waals surface area contributed by atoms with Crippen LogP contribution in [0.1, 0.15) is 43.0 Å². The molecule has 1 aliphatic heterocycles. The molecule has 0 aliphatic carbocycles. The number of carbonyl (C=O) groups is 3. The Kier molecular flexibility index (Phi) is 8.18. The van der Waals surface area contributed by atoms with E-state index in [1.165, 1.54) is 43.6 Å². The Morgan fingerprint density at radius 2 is 1.73 bits per heavy atom. The predicted octanol–water partition coefficient (Wildman–Crippen LogP) is 1.26. The van der Waals surface area contributed by atoms with Crippen LogP contribution in [0.15, 0.2) is 23.1 Å². The number of benzene rings is 1. The van der Waals surface area contributed by atoms with Crippen LogP contribution in [0.5, 0.6) is 5.75 Å². The molecule has 1 aliphatic rings. The van der Waals surface area contributed by atoms with E-state index >= 15 is 0 Å². The summed E-state index contributed by atoms with van der Waals surface area (Å²) in [5.41, 5.74) is -0.0520. The van der Waals surface area contributed by atoms with E-state index in [9.17, 15) is 22.8 Å². The Labute approximate surface area is 176 Å². The highest BCUT2D eigenvalue weighted by Gasteiger charge is 2.30. The van der Waals surface area contributed by atoms with Gasteiger partial charge in [0.2, 0.25) is 10.0 Å². The number of rotatable bonds is 6. The van der Waals surface area contributed by atoms with Gasteiger partial charge in [-0.25, -0.2) is 18.0 Å². The second-order valence-corrected chi connectivity index (χ2v) is 8.71. The lowest BCUT2D eigenvalue weighted by molar-refractivity contribution is -0.127. The first-order chi connectivity index (χ1) is 14.2. The first kappa shape index (κ1) is 23.6. The molecule has 11 heteroatoms. The molecule has 30 heavy (non-hydrogen) atoms. The molecule has 166 valence electrons. The molecule has 0 aromatic heterocycles. The SMILES string of the molecule is CNC(=O)NC(=O)C(C)OC(=O)c1ccc(OC)c(S(=O)(=O)N2CCCCCC2)c1. The van der Waals surface area contributed by atoms with Crippen molar-refractivity contribution in [1.29, 1.82) is 0 Å². The number of amides is 3. The van der Waals surface area contributed by atoms with Crippen LogP contribution < -0.4 is 15.4 Å². The van der Waals surface area contributed by atoms with Crippen molar-refractivity contribution in [3.63, 3.8) is 0 Å². The van der Waals surface area contributed by atoms with Gasteiger partial charge in [-0.3, -0.25) is 10.1 Å². The van der Waals surface area contributed by atoms with E-state index in [4.69, 9.17) is 9.47 Å². The van der Waals surface area contributed by atoms with E-state index in [0.29, 0.717) is 13.1 Å². The summed E-state index contributed by atoms with van der Waals surface area (Å²) in [7, 11) is -1.20. The molecule has 1 heterocycles. The van der Waals surface area contributed by atoms with Gasteiger partial charge in [-0.15, -0.1) is 0 Å². The maximum atomic E-state index is 13.2. The summed E-state index contributed by atoms with van der Waals surface area (Å²) in [6.07, 6.45) is 2.20. The summed E-state index contributed by atoms with van der Waals surface area (Å²) in [4.78, 5) is 35.4. The fourth-order valence-corrected chi connectivity index (χ4v) is 4.68. The summed E-state index contributed by atoms with van der Waals surface area (Å²) < 4.78 is 38.0. The predicted molar refractivity (Wildman–Crippen MR) is 108 cm³/mol. The molecule has 1 saturated heterocycles. The van der Waals surface area contributed by atoms with Gasteiger partial charge < -0.3 is 14.8 Å². The van der Waals surface area contributed by atoms with Gasteiger partial charge in [-0.2, -0.15) is 4.31 Å². The molecule has 1 fully saturated rings. The van der Waals surface area contributed by atoms with Gasteiger partial charge in [0.1, 0.15) is 10.6 Å². The number of ether oxygens (including phenoxy) is 2. The van der Waals surface area contributed by atoms with Crippen LogP contribution in [0.4, 0.5) is 4.79 Å². The van der Waals surface area contributed by atoms with Crippen molar-refractivity contribution in [3.05, 3.63) is 23.8 Å². The fourth-order valence-electron chi connectivity index (χ4n) is 2.98. The molecule has 10 nitrogen and oxygen atoms in total. The Morgan fingerprint density at radius 3 is 2.30 bits per heavy atom. The van der Waals surface area contributed by atoms with Crippen LogP contribution in [-0.2, 0) is 19.6 Å². The highest BCUT2D eigenvalue weighted by atomic mass is 32.2. The number of carbonyl (C=O) groups excluding carboxylic acids is 3. The number of hydrogen-bond acceptors (Lipinski definition) is 7. The first-order valence-electron chi connectivity index (χ1n) is 9.62. The van der Waals surface area contributed by atoms with E-state index in [2.05, 4.69) is 5.32 Å². The number of imide groups is 1. The molecule has 0 bridgehead atoms. The zero-order chi connectivity index (χ0) is 22.3. The van der Waals surface area contributed by atoms with Gasteiger partial charge in [0.05, 0.1) is 12.7 Å². The van der Waals surface area contributed by atoms with Crippen molar-refractivity contribution in [2.24, 2.45) is 0 Å². The molecule has 1 aromatic rings. The van der Waals surface area contributed by atoms with E-state index in [-0.39, 0.29) is 16.2 Å². The summed E-state index contributed by atoms with van der Waals surface area (Å²) in [6, 6.07) is 3.17. The van der Waals surface area contributed by atoms with Gasteiger partial charge in [-0.05, 0) is 38.0 Å². The number of nitrogens with one attached hydrogen (secondary N) is 2. The quantitative estimate of drug-likeness (QED) is 0.635. The lowest BCUT2D eigenvalue weighted by atomic mass is 10.2. The minimum absolute atomic E-state index is 0.0520. The molecular formula is C19H27N3O7S. The van der Waals surface area contributed by atoms with Crippen molar-refractivity contribution in [2.45, 2.75) is 43.6 Å². The van der Waals surface area contributed by atoms with E-state index in [1.807, 2.05) is 5.32 Å². The molecular weight excluding hydrogens is 414 g/mol. The smallest absolute Gasteiger partial charge is 0.338 e. The molecule has 2 rings (SSSR count). The number of urea groups is 1. The van der Waals surface area contributed by atoms with Gasteiger partial charge in [-0.1, -0.05) is 12.8 Å². The second kappa shape index (κ2) is 10.4. The molecule has 3 amide bonds. The molecule has 0 radical (unpaired) electrons. The van der Waals surface area contributed by atoms with Crippen LogP contribution in [0.25, 0.3) is 0 Å². The van der Waals surface area contributed by atoms with Crippen molar-refractivity contribution in [3.8, 4) is 5.75 Å². The summed E-state index contributed by atoms with van der Waals surface area (Å²) in [6.45, 7) is 2.10. The van der Waals surface area contributed by atoms with Gasteiger partial charge >= 0.3 is 12.0 Å². The number of hydrogen-bond donors (Lipinski definition) is 2. The van der Waals surface area contributed by atoms with Crippen LogP contribution >= 0.6 is 0 Å². The van der Waals surface area contributed by atoms with Gasteiger partial charge in [0, 0.05) is 20.1 Å². The number of esters is 1. The number of methoxy groups -OCH3 is 1. The molecule has 0 saturated carbocycles. The Bertz CT molecular complexity index is 893. The second-order valence-electron chi connectivity index (χ2n) is 6.80. The molecule has 2 N–H and O–H groups in total. The molecule has 1 aromatic carbocycles. The maximum absolute atomic E-state index is 13.2. The van der Waals surface area contributed by atoms with Crippen LogP contribution in [-0.4, -0.2) is 64.0 Å². The van der Waals surface area contributed by atoms with Crippen LogP contribution in [0.2, 0.25) is 0 Å². The van der Waals surface area contributed by atoms with Crippen molar-refractivity contribution >= 4 is 27.9 Å². The third-order valence-corrected chi connectivity index (χ3v) is 6.62. The van der Waals surface area contributed by atoms with E-state index in [1.54, 1.807) is 0 Å². The number of nitrogens with zero attached hydrogens (tertiary/aromatic N) is 1. The zero-order valence-corrected chi connectivity index (χ0v) is 18.1. The molecule has 0 spiro atoms. The van der Waals surface area contributed by atoms with Crippen LogP contribution in [0.3, 0.4) is 0 Å². The lowest BCUT2D eigenvalue weighted by Crippen LogP contribution is -2.43. The highest BCUT2D eigenvalue weighted by Crippen LogP contribution is 2.29. The largest absolute Gasteiger partial charge is 0.495 e. The maximum Gasteiger partial charge on any atom is 0.338 e. The van der Waals surface area contributed by atoms with Crippen molar-refractivity contribution in [1.82, 2.24) is 14.9 Å². The average molecular weight is 442 g/mol. The highest BCUT2D eigenvalue weighted by molar-refractivity contribution is 7.89. The topological polar surface area (TPSA) is 131 Å². The van der Waals surface area contributed by atoms with Crippen molar-refractivity contribution in [2.75, 3.05) is 27.2 Å². The Hall–Kier alpha value is -2.66. The molecule has 1 unspecified atom stereocenters. The van der Waals surface area contributed by atoms with Crippen LogP contribution in [0, 0.1) is 0 Å². The van der Waals surface area contributed by atoms with Gasteiger partial charge in [0.25, 0.3) is 5.91 Å². The van der Waals surface area contributed by atoms with Gasteiger partial charge in [0.15, 0.2) is 6.10 Å². The zero-order valence-electron chi connectivity index (χ0n) is 17.3. The normalized spacial score (nSPS) is 16.1. The van der Waals surface area contributed by atoms with E-state index < -0.39 is 34.0 Å². The van der Waals surface area contributed by atoms with E-state index in [0.717, 1.165) is 25.7 Å². The summed E-state index contributed by atoms with van der Waals surface area (Å²) in [5.74, 6) is -1.60. The van der Waals surface area contributed by atoms with Crippen molar-refractivity contribution < 1.29 is 32.3 Å². The Morgan fingerprint density at radius 1 is 1.10 bits per heavy atom. The standard InChI is InChI=1S/C19H27N3O7S/c1-13(17(23)21-19(25)20-2)29-18(24)14-8-9-15(28-3)16(12-14)30(26,27)22-10-6-4-5-7-11-22/h8-9,12-13H,4-7,10-11H2,1-3H3,(H2,20,21,23,25). The minimum atomic E-state index is -3.88. The lowest BCUT2D eigenvalue weighted by Gasteiger charge is -2.21. The summed E-state index contributed by atoms with van der Waals surface area (Å²) >= 11 is 0. The third kappa shape index (κ3) is 5.70. The average Bonchev–Trinajstić information content (AvgIpc) is 3.03.